The summed E-state index contributed by atoms with van der Waals surface area (Å²) >= 11 is 6.05. The highest BCUT2D eigenvalue weighted by molar-refractivity contribution is 6.31. The van der Waals surface area contributed by atoms with E-state index >= 15 is 0 Å². The summed E-state index contributed by atoms with van der Waals surface area (Å²) in [5.41, 5.74) is 7.23. The SMILES string of the molecule is NC(=O)C(NCCOCc1ccccc1Cl)c1ccccc1. The number of nitrogens with one attached hydrogen (secondary N) is 1. The number of primary amides is 1. The van der Waals surface area contributed by atoms with Gasteiger partial charge in [0, 0.05) is 11.6 Å². The number of nitrogens with two attached hydrogens (primary N) is 1. The number of benzene rings is 2. The number of amides is 1. The molecule has 1 atom stereocenters. The fourth-order valence-corrected chi connectivity index (χ4v) is 2.29. The topological polar surface area (TPSA) is 64.4 Å². The number of carbonyl (C=O) groups is 1. The highest BCUT2D eigenvalue weighted by Gasteiger charge is 2.16. The van der Waals surface area contributed by atoms with Crippen LogP contribution in [-0.4, -0.2) is 19.1 Å². The van der Waals surface area contributed by atoms with Gasteiger partial charge in [-0.25, -0.2) is 0 Å². The maximum absolute atomic E-state index is 11.5. The van der Waals surface area contributed by atoms with Gasteiger partial charge in [0.1, 0.15) is 6.04 Å². The molecule has 0 fully saturated rings. The predicted octanol–water partition coefficient (Wildman–Crippen LogP) is 2.67. The molecule has 1 unspecified atom stereocenters. The van der Waals surface area contributed by atoms with Crippen molar-refractivity contribution in [2.75, 3.05) is 13.2 Å². The smallest absolute Gasteiger partial charge is 0.239 e. The Morgan fingerprint density at radius 3 is 2.50 bits per heavy atom. The zero-order valence-electron chi connectivity index (χ0n) is 12.2. The van der Waals surface area contributed by atoms with Gasteiger partial charge >= 0.3 is 0 Å². The van der Waals surface area contributed by atoms with Crippen LogP contribution in [0.1, 0.15) is 17.2 Å². The highest BCUT2D eigenvalue weighted by atomic mass is 35.5. The molecule has 116 valence electrons. The molecular formula is C17H19ClN2O2. The predicted molar refractivity (Wildman–Crippen MR) is 87.5 cm³/mol. The molecule has 2 aromatic rings. The van der Waals surface area contributed by atoms with E-state index in [0.29, 0.717) is 24.8 Å². The van der Waals surface area contributed by atoms with E-state index < -0.39 is 11.9 Å². The molecule has 0 aliphatic carbocycles. The molecule has 0 aromatic heterocycles. The van der Waals surface area contributed by atoms with Crippen LogP contribution in [0.4, 0.5) is 0 Å². The van der Waals surface area contributed by atoms with Gasteiger partial charge in [0.15, 0.2) is 0 Å². The van der Waals surface area contributed by atoms with Crippen molar-refractivity contribution < 1.29 is 9.53 Å². The van der Waals surface area contributed by atoms with Crippen LogP contribution in [0.3, 0.4) is 0 Å². The van der Waals surface area contributed by atoms with Crippen molar-refractivity contribution in [1.82, 2.24) is 5.32 Å². The second-order valence-corrected chi connectivity index (χ2v) is 5.25. The van der Waals surface area contributed by atoms with Crippen LogP contribution in [0, 0.1) is 0 Å². The molecule has 0 aliphatic rings. The van der Waals surface area contributed by atoms with Crippen LogP contribution in [-0.2, 0) is 16.1 Å². The van der Waals surface area contributed by atoms with Crippen molar-refractivity contribution in [1.29, 1.82) is 0 Å². The molecule has 3 N–H and O–H groups in total. The van der Waals surface area contributed by atoms with E-state index in [1.807, 2.05) is 54.6 Å². The van der Waals surface area contributed by atoms with Crippen LogP contribution in [0.15, 0.2) is 54.6 Å². The Morgan fingerprint density at radius 2 is 1.82 bits per heavy atom. The molecule has 0 heterocycles. The summed E-state index contributed by atoms with van der Waals surface area (Å²) in [4.78, 5) is 11.5. The normalized spacial score (nSPS) is 12.0. The van der Waals surface area contributed by atoms with Gasteiger partial charge in [-0.1, -0.05) is 60.1 Å². The first kappa shape index (κ1) is 16.5. The average Bonchev–Trinajstić information content (AvgIpc) is 2.53. The Kier molecular flexibility index (Phi) is 6.40. The molecule has 0 spiro atoms. The fourth-order valence-electron chi connectivity index (χ4n) is 2.10. The maximum Gasteiger partial charge on any atom is 0.239 e. The fraction of sp³-hybridized carbons (Fsp3) is 0.235. The molecule has 5 heteroatoms. The molecule has 0 bridgehead atoms. The molecular weight excluding hydrogens is 300 g/mol. The number of halogens is 1. The molecule has 4 nitrogen and oxygen atoms in total. The lowest BCUT2D eigenvalue weighted by atomic mass is 10.1. The number of hydrogen-bond acceptors (Lipinski definition) is 3. The molecule has 0 aliphatic heterocycles. The van der Waals surface area contributed by atoms with Crippen LogP contribution < -0.4 is 11.1 Å². The van der Waals surface area contributed by atoms with E-state index in [0.717, 1.165) is 11.1 Å². The van der Waals surface area contributed by atoms with E-state index in [4.69, 9.17) is 22.1 Å². The van der Waals surface area contributed by atoms with E-state index in [2.05, 4.69) is 5.32 Å². The van der Waals surface area contributed by atoms with Crippen molar-refractivity contribution in [3.8, 4) is 0 Å². The van der Waals surface area contributed by atoms with Crippen molar-refractivity contribution in [2.45, 2.75) is 12.6 Å². The summed E-state index contributed by atoms with van der Waals surface area (Å²) in [7, 11) is 0. The van der Waals surface area contributed by atoms with Crippen LogP contribution >= 0.6 is 11.6 Å². The second kappa shape index (κ2) is 8.54. The monoisotopic (exact) mass is 318 g/mol. The molecule has 0 radical (unpaired) electrons. The van der Waals surface area contributed by atoms with Crippen LogP contribution in [0.2, 0.25) is 5.02 Å². The zero-order valence-corrected chi connectivity index (χ0v) is 12.9. The first-order chi connectivity index (χ1) is 10.7. The first-order valence-electron chi connectivity index (χ1n) is 7.07. The van der Waals surface area contributed by atoms with E-state index in [1.54, 1.807) is 0 Å². The van der Waals surface area contributed by atoms with Crippen LogP contribution in [0.5, 0.6) is 0 Å². The summed E-state index contributed by atoms with van der Waals surface area (Å²) in [6, 6.07) is 16.4. The first-order valence-corrected chi connectivity index (χ1v) is 7.45. The van der Waals surface area contributed by atoms with Gasteiger partial charge in [-0.05, 0) is 17.2 Å². The Bertz CT molecular complexity index is 605. The van der Waals surface area contributed by atoms with E-state index in [9.17, 15) is 4.79 Å². The van der Waals surface area contributed by atoms with Crippen LogP contribution in [0.25, 0.3) is 0 Å². The highest BCUT2D eigenvalue weighted by Crippen LogP contribution is 2.15. The summed E-state index contributed by atoms with van der Waals surface area (Å²) in [5.74, 6) is -0.405. The summed E-state index contributed by atoms with van der Waals surface area (Å²) < 4.78 is 5.57. The Morgan fingerprint density at radius 1 is 1.14 bits per heavy atom. The Hall–Kier alpha value is -1.88. The third kappa shape index (κ3) is 4.84. The third-order valence-electron chi connectivity index (χ3n) is 3.23. The van der Waals surface area contributed by atoms with Crippen molar-refractivity contribution >= 4 is 17.5 Å². The molecule has 0 saturated heterocycles. The van der Waals surface area contributed by atoms with Gasteiger partial charge in [-0.2, -0.15) is 0 Å². The van der Waals surface area contributed by atoms with Crippen molar-refractivity contribution in [3.05, 3.63) is 70.7 Å². The van der Waals surface area contributed by atoms with Gasteiger partial charge < -0.3 is 10.5 Å². The lowest BCUT2D eigenvalue weighted by Gasteiger charge is -2.16. The third-order valence-corrected chi connectivity index (χ3v) is 3.60. The standard InChI is InChI=1S/C17H19ClN2O2/c18-15-9-5-4-8-14(15)12-22-11-10-20-16(17(19)21)13-6-2-1-3-7-13/h1-9,16,20H,10-12H2,(H2,19,21). The average molecular weight is 319 g/mol. The summed E-state index contributed by atoms with van der Waals surface area (Å²) in [6.07, 6.45) is 0. The molecule has 2 aromatic carbocycles. The summed E-state index contributed by atoms with van der Waals surface area (Å²) in [5, 5.41) is 3.79. The largest absolute Gasteiger partial charge is 0.375 e. The maximum atomic E-state index is 11.5. The Labute approximate surface area is 135 Å². The van der Waals surface area contributed by atoms with Gasteiger partial charge in [-0.3, -0.25) is 10.1 Å². The molecule has 0 saturated carbocycles. The van der Waals surface area contributed by atoms with Gasteiger partial charge in [0.2, 0.25) is 5.91 Å². The minimum absolute atomic E-state index is 0.405. The number of ether oxygens (including phenoxy) is 1. The summed E-state index contributed by atoms with van der Waals surface area (Å²) in [6.45, 7) is 1.42. The van der Waals surface area contributed by atoms with E-state index in [1.165, 1.54) is 0 Å². The number of carbonyl (C=O) groups excluding carboxylic acids is 1. The zero-order chi connectivity index (χ0) is 15.8. The van der Waals surface area contributed by atoms with Gasteiger partial charge in [0.25, 0.3) is 0 Å². The minimum atomic E-state index is -0.509. The number of rotatable bonds is 8. The second-order valence-electron chi connectivity index (χ2n) is 4.84. The van der Waals surface area contributed by atoms with E-state index in [-0.39, 0.29) is 0 Å². The number of hydrogen-bond donors (Lipinski definition) is 2. The van der Waals surface area contributed by atoms with Gasteiger partial charge in [-0.15, -0.1) is 0 Å². The quantitative estimate of drug-likeness (QED) is 0.735. The molecule has 1 amide bonds. The van der Waals surface area contributed by atoms with Crippen molar-refractivity contribution in [2.24, 2.45) is 5.73 Å². The Balaban J connectivity index is 1.77. The lowest BCUT2D eigenvalue weighted by Crippen LogP contribution is -2.35. The molecule has 2 rings (SSSR count). The molecule has 22 heavy (non-hydrogen) atoms. The van der Waals surface area contributed by atoms with Crippen molar-refractivity contribution in [3.63, 3.8) is 0 Å². The minimum Gasteiger partial charge on any atom is -0.375 e. The van der Waals surface area contributed by atoms with Gasteiger partial charge in [0.05, 0.1) is 13.2 Å². The lowest BCUT2D eigenvalue weighted by molar-refractivity contribution is -0.120.